The molecule has 0 amide bonds. The van der Waals surface area contributed by atoms with Gasteiger partial charge in [-0.1, -0.05) is 6.58 Å². The summed E-state index contributed by atoms with van der Waals surface area (Å²) in [5.74, 6) is 1.21. The van der Waals surface area contributed by atoms with Crippen molar-refractivity contribution in [1.29, 1.82) is 5.41 Å². The van der Waals surface area contributed by atoms with E-state index in [2.05, 4.69) is 56.8 Å². The number of rotatable bonds is 8. The highest BCUT2D eigenvalue weighted by Gasteiger charge is 2.44. The SMILES string of the molecule is C=C(/C=C(C)\N=C(/C)c1ccc(N2CC3CC(C2)N3Cc2cnccc2C)nc1)NC(=N)/C=C(/C)N. The first-order valence-corrected chi connectivity index (χ1v) is 12.3. The quantitative estimate of drug-likeness (QED) is 0.298. The van der Waals surface area contributed by atoms with Crippen molar-refractivity contribution in [3.05, 3.63) is 89.3 Å². The summed E-state index contributed by atoms with van der Waals surface area (Å²) in [6, 6.07) is 7.40. The number of hydrogen-bond donors (Lipinski definition) is 3. The number of hydrogen-bond acceptors (Lipinski definition) is 7. The number of nitrogens with one attached hydrogen (secondary N) is 2. The van der Waals surface area contributed by atoms with E-state index in [4.69, 9.17) is 16.1 Å². The van der Waals surface area contributed by atoms with E-state index < -0.39 is 0 Å². The third-order valence-electron chi connectivity index (χ3n) is 6.73. The van der Waals surface area contributed by atoms with Gasteiger partial charge >= 0.3 is 0 Å². The van der Waals surface area contributed by atoms with Crippen molar-refractivity contribution in [3.8, 4) is 0 Å². The van der Waals surface area contributed by atoms with Crippen molar-refractivity contribution in [1.82, 2.24) is 20.2 Å². The van der Waals surface area contributed by atoms with E-state index in [0.29, 0.717) is 23.5 Å². The van der Waals surface area contributed by atoms with E-state index in [-0.39, 0.29) is 5.84 Å². The van der Waals surface area contributed by atoms with Crippen LogP contribution in [0.3, 0.4) is 0 Å². The highest BCUT2D eigenvalue weighted by molar-refractivity contribution is 5.99. The van der Waals surface area contributed by atoms with Gasteiger partial charge in [0.05, 0.1) is 0 Å². The van der Waals surface area contributed by atoms with Crippen LogP contribution in [0, 0.1) is 12.3 Å². The summed E-state index contributed by atoms with van der Waals surface area (Å²) in [5, 5.41) is 10.7. The molecule has 3 aliphatic rings. The van der Waals surface area contributed by atoms with Crippen LogP contribution in [-0.4, -0.2) is 51.6 Å². The van der Waals surface area contributed by atoms with E-state index >= 15 is 0 Å². The number of piperazine rings is 1. The van der Waals surface area contributed by atoms with Gasteiger partial charge < -0.3 is 16.0 Å². The normalized spacial score (nSPS) is 20.7. The maximum absolute atomic E-state index is 7.85. The van der Waals surface area contributed by atoms with Crippen LogP contribution >= 0.6 is 0 Å². The van der Waals surface area contributed by atoms with Gasteiger partial charge in [0.15, 0.2) is 0 Å². The molecule has 4 N–H and O–H groups in total. The lowest BCUT2D eigenvalue weighted by atomic mass is 9.86. The summed E-state index contributed by atoms with van der Waals surface area (Å²) in [7, 11) is 0. The largest absolute Gasteiger partial charge is 0.402 e. The van der Waals surface area contributed by atoms with Crippen molar-refractivity contribution in [2.24, 2.45) is 10.7 Å². The maximum Gasteiger partial charge on any atom is 0.128 e. The molecular formula is C28H36N8. The Hall–Kier alpha value is -3.78. The minimum Gasteiger partial charge on any atom is -0.402 e. The minimum absolute atomic E-state index is 0.190. The Morgan fingerprint density at radius 2 is 1.94 bits per heavy atom. The molecule has 0 saturated carbocycles. The van der Waals surface area contributed by atoms with Gasteiger partial charge in [-0.15, -0.1) is 0 Å². The van der Waals surface area contributed by atoms with E-state index in [1.807, 2.05) is 32.4 Å². The number of pyridine rings is 2. The first-order chi connectivity index (χ1) is 17.2. The van der Waals surface area contributed by atoms with Gasteiger partial charge in [-0.2, -0.15) is 0 Å². The summed E-state index contributed by atoms with van der Waals surface area (Å²) in [5.41, 5.74) is 12.0. The molecule has 3 fully saturated rings. The van der Waals surface area contributed by atoms with Gasteiger partial charge in [0.2, 0.25) is 0 Å². The van der Waals surface area contributed by atoms with Crippen LogP contribution in [0.4, 0.5) is 5.82 Å². The third kappa shape index (κ3) is 6.07. The summed E-state index contributed by atoms with van der Waals surface area (Å²) < 4.78 is 0. The Morgan fingerprint density at radius 1 is 1.19 bits per heavy atom. The van der Waals surface area contributed by atoms with Crippen LogP contribution in [0.5, 0.6) is 0 Å². The Labute approximate surface area is 213 Å². The number of allylic oxidation sites excluding steroid dienone is 3. The number of fused-ring (bicyclic) bond motifs is 2. The van der Waals surface area contributed by atoms with Crippen LogP contribution in [-0.2, 0) is 6.54 Å². The molecule has 0 radical (unpaired) electrons. The molecule has 2 atom stereocenters. The Kier molecular flexibility index (Phi) is 7.64. The minimum atomic E-state index is 0.190. The van der Waals surface area contributed by atoms with Gasteiger partial charge in [-0.25, -0.2) is 4.98 Å². The second kappa shape index (κ2) is 10.9. The van der Waals surface area contributed by atoms with Crippen molar-refractivity contribution in [2.75, 3.05) is 18.0 Å². The number of anilines is 1. The van der Waals surface area contributed by atoms with Gasteiger partial charge in [-0.05, 0) is 75.6 Å². The molecule has 5 rings (SSSR count). The fourth-order valence-corrected chi connectivity index (χ4v) is 4.86. The molecule has 5 heterocycles. The highest BCUT2D eigenvalue weighted by Crippen LogP contribution is 2.35. The predicted octanol–water partition coefficient (Wildman–Crippen LogP) is 3.90. The van der Waals surface area contributed by atoms with Gasteiger partial charge in [0, 0.05) is 78.7 Å². The molecule has 2 unspecified atom stereocenters. The molecule has 2 bridgehead atoms. The lowest BCUT2D eigenvalue weighted by molar-refractivity contribution is -0.00889. The number of piperidine rings is 1. The van der Waals surface area contributed by atoms with Gasteiger partial charge in [-0.3, -0.25) is 20.3 Å². The number of nitrogens with two attached hydrogens (primary N) is 1. The Balaban J connectivity index is 1.34. The van der Waals surface area contributed by atoms with Gasteiger partial charge in [0.1, 0.15) is 11.7 Å². The monoisotopic (exact) mass is 484 g/mol. The molecule has 36 heavy (non-hydrogen) atoms. The summed E-state index contributed by atoms with van der Waals surface area (Å²) in [6.45, 7) is 14.7. The molecule has 3 aliphatic heterocycles. The van der Waals surface area contributed by atoms with Crippen LogP contribution in [0.15, 0.2) is 77.6 Å². The van der Waals surface area contributed by atoms with Crippen molar-refractivity contribution >= 4 is 17.4 Å². The second-order valence-corrected chi connectivity index (χ2v) is 9.76. The van der Waals surface area contributed by atoms with E-state index in [1.165, 1.54) is 17.5 Å². The molecule has 188 valence electrons. The zero-order valence-corrected chi connectivity index (χ0v) is 21.6. The molecular weight excluding hydrogens is 448 g/mol. The molecule has 2 aromatic rings. The molecule has 8 heteroatoms. The smallest absolute Gasteiger partial charge is 0.128 e. The number of amidine groups is 1. The zero-order valence-electron chi connectivity index (χ0n) is 21.6. The topological polar surface area (TPSA) is 107 Å². The standard InChI is InChI=1S/C28H36N8/c1-18-8-9-31-13-24(18)15-36-25-12-26(36)17-35(16-25)28-7-6-23(14-32-28)22(5)33-20(3)11-21(4)34-27(30)10-19(2)29/h6-11,13-14,25-26H,4,12,15-17,29H2,1-3,5H3,(H2,30,34)/b19-10-,20-11-,33-22+. The number of aryl methyl sites for hydroxylation is 1. The fourth-order valence-electron chi connectivity index (χ4n) is 4.86. The third-order valence-corrected chi connectivity index (χ3v) is 6.73. The number of aromatic nitrogens is 2. The van der Waals surface area contributed by atoms with Crippen molar-refractivity contribution in [2.45, 2.75) is 52.7 Å². The van der Waals surface area contributed by atoms with Crippen molar-refractivity contribution < 1.29 is 0 Å². The first-order valence-electron chi connectivity index (χ1n) is 12.3. The number of aliphatic imine (C=N–C) groups is 1. The first kappa shape index (κ1) is 25.3. The second-order valence-electron chi connectivity index (χ2n) is 9.76. The molecule has 8 nitrogen and oxygen atoms in total. The molecule has 0 spiro atoms. The molecule has 0 aromatic carbocycles. The summed E-state index contributed by atoms with van der Waals surface area (Å²) in [6.07, 6.45) is 10.4. The molecule has 2 aromatic heterocycles. The van der Waals surface area contributed by atoms with E-state index in [9.17, 15) is 0 Å². The maximum atomic E-state index is 7.85. The Morgan fingerprint density at radius 3 is 2.58 bits per heavy atom. The van der Waals surface area contributed by atoms with E-state index in [1.54, 1.807) is 19.1 Å². The van der Waals surface area contributed by atoms with E-state index in [0.717, 1.165) is 42.4 Å². The average molecular weight is 485 g/mol. The average Bonchev–Trinajstić information content (AvgIpc) is 2.82. The fraction of sp³-hybridized carbons (Fsp3) is 0.357. The lowest BCUT2D eigenvalue weighted by Crippen LogP contribution is -2.68. The van der Waals surface area contributed by atoms with Crippen LogP contribution < -0.4 is 16.0 Å². The summed E-state index contributed by atoms with van der Waals surface area (Å²) >= 11 is 0. The highest BCUT2D eigenvalue weighted by atomic mass is 15.4. The van der Waals surface area contributed by atoms with Crippen LogP contribution in [0.2, 0.25) is 0 Å². The number of nitrogens with zero attached hydrogens (tertiary/aromatic N) is 5. The van der Waals surface area contributed by atoms with Crippen LogP contribution in [0.25, 0.3) is 0 Å². The molecule has 0 aliphatic carbocycles. The summed E-state index contributed by atoms with van der Waals surface area (Å²) in [4.78, 5) is 18.7. The lowest BCUT2D eigenvalue weighted by Gasteiger charge is -2.56. The molecule has 3 saturated heterocycles. The van der Waals surface area contributed by atoms with Crippen molar-refractivity contribution in [3.63, 3.8) is 0 Å². The van der Waals surface area contributed by atoms with Gasteiger partial charge in [0.25, 0.3) is 0 Å². The zero-order chi connectivity index (χ0) is 25.8. The van der Waals surface area contributed by atoms with Crippen LogP contribution in [0.1, 0.15) is 43.9 Å². The predicted molar refractivity (Wildman–Crippen MR) is 147 cm³/mol. The Bertz CT molecular complexity index is 1210.